The molecule has 0 radical (unpaired) electrons. The van der Waals surface area contributed by atoms with Crippen LogP contribution in [0.3, 0.4) is 0 Å². The van der Waals surface area contributed by atoms with Crippen LogP contribution in [0.15, 0.2) is 83.6 Å². The number of rotatable bonds is 6. The van der Waals surface area contributed by atoms with Crippen LogP contribution in [0.5, 0.6) is 0 Å². The lowest BCUT2D eigenvalue weighted by molar-refractivity contribution is 0.0984. The SMILES string of the molecule is O=C(Cc1cnn(Cc2ccccc2)c1)c1cc(-c2ccccc2)on1. The molecule has 4 rings (SSSR count). The minimum absolute atomic E-state index is 0.0878. The summed E-state index contributed by atoms with van der Waals surface area (Å²) in [6.45, 7) is 0.678. The van der Waals surface area contributed by atoms with E-state index in [-0.39, 0.29) is 12.2 Å². The molecule has 0 saturated heterocycles. The lowest BCUT2D eigenvalue weighted by Crippen LogP contribution is -2.03. The van der Waals surface area contributed by atoms with Crippen LogP contribution in [0, 0.1) is 0 Å². The van der Waals surface area contributed by atoms with Crippen molar-refractivity contribution in [3.63, 3.8) is 0 Å². The van der Waals surface area contributed by atoms with E-state index in [1.165, 1.54) is 0 Å². The number of nitrogens with zero attached hydrogens (tertiary/aromatic N) is 3. The molecule has 128 valence electrons. The van der Waals surface area contributed by atoms with Crippen LogP contribution in [-0.4, -0.2) is 20.7 Å². The number of carbonyl (C=O) groups is 1. The maximum atomic E-state index is 12.5. The van der Waals surface area contributed by atoms with Gasteiger partial charge in [0.1, 0.15) is 0 Å². The summed E-state index contributed by atoms with van der Waals surface area (Å²) >= 11 is 0. The molecular weight excluding hydrogens is 326 g/mol. The summed E-state index contributed by atoms with van der Waals surface area (Å²) in [4.78, 5) is 12.5. The maximum Gasteiger partial charge on any atom is 0.189 e. The standard InChI is InChI=1S/C21H17N3O2/c25-20(19-12-21(26-23-19)18-9-5-2-6-10-18)11-17-13-22-24(15-17)14-16-7-3-1-4-8-16/h1-10,12-13,15H,11,14H2. The van der Waals surface area contributed by atoms with Gasteiger partial charge in [-0.2, -0.15) is 5.10 Å². The zero-order valence-corrected chi connectivity index (χ0v) is 14.1. The summed E-state index contributed by atoms with van der Waals surface area (Å²) in [5.41, 5.74) is 3.25. The van der Waals surface area contributed by atoms with Gasteiger partial charge < -0.3 is 4.52 Å². The summed E-state index contributed by atoms with van der Waals surface area (Å²) in [6.07, 6.45) is 3.86. The third kappa shape index (κ3) is 3.62. The molecule has 0 bridgehead atoms. The Morgan fingerprint density at radius 1 is 0.962 bits per heavy atom. The summed E-state index contributed by atoms with van der Waals surface area (Å²) in [5.74, 6) is 0.504. The average molecular weight is 343 g/mol. The summed E-state index contributed by atoms with van der Waals surface area (Å²) in [6, 6.07) is 21.4. The van der Waals surface area contributed by atoms with Gasteiger partial charge >= 0.3 is 0 Å². The van der Waals surface area contributed by atoms with Crippen LogP contribution in [-0.2, 0) is 13.0 Å². The van der Waals surface area contributed by atoms with Crippen molar-refractivity contribution < 1.29 is 9.32 Å². The molecule has 0 atom stereocenters. The quantitative estimate of drug-likeness (QED) is 0.496. The molecule has 26 heavy (non-hydrogen) atoms. The van der Waals surface area contributed by atoms with Crippen LogP contribution < -0.4 is 0 Å². The molecule has 0 spiro atoms. The number of ketones is 1. The van der Waals surface area contributed by atoms with Gasteiger partial charge in [-0.05, 0) is 11.1 Å². The van der Waals surface area contributed by atoms with Gasteiger partial charge in [0.25, 0.3) is 0 Å². The highest BCUT2D eigenvalue weighted by atomic mass is 16.5. The van der Waals surface area contributed by atoms with E-state index in [4.69, 9.17) is 4.52 Å². The van der Waals surface area contributed by atoms with Gasteiger partial charge in [-0.15, -0.1) is 0 Å². The van der Waals surface area contributed by atoms with E-state index in [9.17, 15) is 4.79 Å². The van der Waals surface area contributed by atoms with Gasteiger partial charge in [-0.3, -0.25) is 9.48 Å². The molecule has 0 aliphatic rings. The number of Topliss-reactive ketones (excluding diaryl/α,β-unsaturated/α-hetero) is 1. The van der Waals surface area contributed by atoms with E-state index in [2.05, 4.69) is 10.3 Å². The molecule has 4 aromatic rings. The van der Waals surface area contributed by atoms with Gasteiger partial charge in [0, 0.05) is 24.2 Å². The summed E-state index contributed by atoms with van der Waals surface area (Å²) in [5, 5.41) is 8.24. The molecule has 5 nitrogen and oxygen atoms in total. The predicted octanol–water partition coefficient (Wildman–Crippen LogP) is 4.01. The van der Waals surface area contributed by atoms with Gasteiger partial charge in [-0.25, -0.2) is 0 Å². The second-order valence-corrected chi connectivity index (χ2v) is 6.07. The van der Waals surface area contributed by atoms with Crippen molar-refractivity contribution in [2.75, 3.05) is 0 Å². The number of hydrogen-bond acceptors (Lipinski definition) is 4. The zero-order valence-electron chi connectivity index (χ0n) is 14.1. The molecule has 0 aliphatic carbocycles. The van der Waals surface area contributed by atoms with Crippen molar-refractivity contribution in [2.24, 2.45) is 0 Å². The first kappa shape index (κ1) is 16.0. The van der Waals surface area contributed by atoms with Crippen LogP contribution in [0.4, 0.5) is 0 Å². The third-order valence-corrected chi connectivity index (χ3v) is 4.09. The molecule has 0 amide bonds. The molecule has 2 aromatic heterocycles. The Hall–Kier alpha value is -3.47. The third-order valence-electron chi connectivity index (χ3n) is 4.09. The monoisotopic (exact) mass is 343 g/mol. The van der Waals surface area contributed by atoms with Crippen molar-refractivity contribution in [2.45, 2.75) is 13.0 Å². The minimum atomic E-state index is -0.0878. The maximum absolute atomic E-state index is 12.5. The van der Waals surface area contributed by atoms with Crippen LogP contribution >= 0.6 is 0 Å². The predicted molar refractivity (Wildman–Crippen MR) is 97.7 cm³/mol. The van der Waals surface area contributed by atoms with E-state index >= 15 is 0 Å². The minimum Gasteiger partial charge on any atom is -0.356 e. The van der Waals surface area contributed by atoms with Gasteiger partial charge in [-0.1, -0.05) is 65.8 Å². The summed E-state index contributed by atoms with van der Waals surface area (Å²) in [7, 11) is 0. The Labute approximate surface area is 150 Å². The summed E-state index contributed by atoms with van der Waals surface area (Å²) < 4.78 is 7.13. The molecule has 0 saturated carbocycles. The first-order valence-electron chi connectivity index (χ1n) is 8.38. The Kier molecular flexibility index (Phi) is 4.43. The number of hydrogen-bond donors (Lipinski definition) is 0. The lowest BCUT2D eigenvalue weighted by atomic mass is 10.1. The van der Waals surface area contributed by atoms with Gasteiger partial charge in [0.2, 0.25) is 0 Å². The average Bonchev–Trinajstić information content (AvgIpc) is 3.33. The van der Waals surface area contributed by atoms with Gasteiger partial charge in [0.05, 0.1) is 12.7 Å². The molecule has 5 heteroatoms. The molecule has 0 fully saturated rings. The highest BCUT2D eigenvalue weighted by Gasteiger charge is 2.15. The van der Waals surface area contributed by atoms with Crippen molar-refractivity contribution in [3.8, 4) is 11.3 Å². The Bertz CT molecular complexity index is 1000. The Morgan fingerprint density at radius 3 is 2.46 bits per heavy atom. The van der Waals surface area contributed by atoms with Crippen LogP contribution in [0.1, 0.15) is 21.6 Å². The highest BCUT2D eigenvalue weighted by Crippen LogP contribution is 2.20. The van der Waals surface area contributed by atoms with Crippen molar-refractivity contribution in [1.82, 2.24) is 14.9 Å². The Balaban J connectivity index is 1.43. The van der Waals surface area contributed by atoms with Crippen molar-refractivity contribution >= 4 is 5.78 Å². The second-order valence-electron chi connectivity index (χ2n) is 6.07. The van der Waals surface area contributed by atoms with E-state index < -0.39 is 0 Å². The van der Waals surface area contributed by atoms with E-state index in [0.29, 0.717) is 18.0 Å². The van der Waals surface area contributed by atoms with Crippen molar-refractivity contribution in [1.29, 1.82) is 0 Å². The van der Waals surface area contributed by atoms with Gasteiger partial charge in [0.15, 0.2) is 17.2 Å². The van der Waals surface area contributed by atoms with Crippen LogP contribution in [0.2, 0.25) is 0 Å². The number of aromatic nitrogens is 3. The molecule has 0 aliphatic heterocycles. The smallest absolute Gasteiger partial charge is 0.189 e. The largest absolute Gasteiger partial charge is 0.356 e. The number of carbonyl (C=O) groups excluding carboxylic acids is 1. The first-order chi connectivity index (χ1) is 12.8. The molecular formula is C21H17N3O2. The second kappa shape index (κ2) is 7.19. The molecule has 2 aromatic carbocycles. The van der Waals surface area contributed by atoms with E-state index in [0.717, 1.165) is 16.7 Å². The first-order valence-corrected chi connectivity index (χ1v) is 8.38. The molecule has 0 N–H and O–H groups in total. The highest BCUT2D eigenvalue weighted by molar-refractivity contribution is 5.96. The van der Waals surface area contributed by atoms with E-state index in [1.807, 2.05) is 71.5 Å². The topological polar surface area (TPSA) is 60.9 Å². The fraction of sp³-hybridized carbons (Fsp3) is 0.0952. The van der Waals surface area contributed by atoms with E-state index in [1.54, 1.807) is 12.3 Å². The fourth-order valence-corrected chi connectivity index (χ4v) is 2.78. The molecule has 2 heterocycles. The Morgan fingerprint density at radius 2 is 1.69 bits per heavy atom. The normalized spacial score (nSPS) is 10.8. The zero-order chi connectivity index (χ0) is 17.8. The fourth-order valence-electron chi connectivity index (χ4n) is 2.78. The molecule has 0 unspecified atom stereocenters. The van der Waals surface area contributed by atoms with Crippen LogP contribution in [0.25, 0.3) is 11.3 Å². The number of benzene rings is 2. The lowest BCUT2D eigenvalue weighted by Gasteiger charge is -2.00. The van der Waals surface area contributed by atoms with Crippen molar-refractivity contribution in [3.05, 3.63) is 95.9 Å².